The fraction of sp³-hybridized carbons (Fsp3) is 0.571. The number of aldehydes is 1. The van der Waals surface area contributed by atoms with Crippen LogP contribution in [0.5, 0.6) is 0 Å². The van der Waals surface area contributed by atoms with Crippen LogP contribution in [0.4, 0.5) is 0 Å². The van der Waals surface area contributed by atoms with Crippen LogP contribution in [0.3, 0.4) is 0 Å². The number of ether oxygens (including phenoxy) is 1. The lowest BCUT2D eigenvalue weighted by Gasteiger charge is -1.98. The molecule has 0 spiro atoms. The van der Waals surface area contributed by atoms with Crippen LogP contribution in [0.15, 0.2) is 4.34 Å². The highest BCUT2D eigenvalue weighted by molar-refractivity contribution is 8.01. The molecule has 0 bridgehead atoms. The Kier molecular flexibility index (Phi) is 5.02. The third kappa shape index (κ3) is 3.70. The molecule has 0 aromatic carbocycles. The molecule has 1 heterocycles. The summed E-state index contributed by atoms with van der Waals surface area (Å²) in [7, 11) is 1.61. The van der Waals surface area contributed by atoms with E-state index in [0.717, 1.165) is 15.6 Å². The second-order valence-corrected chi connectivity index (χ2v) is 4.83. The first-order valence-corrected chi connectivity index (χ1v) is 5.71. The van der Waals surface area contributed by atoms with E-state index < -0.39 is 6.04 Å². The van der Waals surface area contributed by atoms with Gasteiger partial charge in [-0.25, -0.2) is 0 Å². The zero-order valence-corrected chi connectivity index (χ0v) is 9.31. The molecule has 1 aromatic heterocycles. The Morgan fingerprint density at radius 2 is 2.50 bits per heavy atom. The Labute approximate surface area is 90.0 Å². The monoisotopic (exact) mass is 233 g/mol. The number of hydrogen-bond donors (Lipinski definition) is 1. The molecule has 2 N–H and O–H groups in total. The molecule has 78 valence electrons. The number of rotatable bonds is 6. The van der Waals surface area contributed by atoms with Crippen molar-refractivity contribution in [2.75, 3.05) is 12.9 Å². The van der Waals surface area contributed by atoms with E-state index in [1.54, 1.807) is 7.11 Å². The van der Waals surface area contributed by atoms with Crippen LogP contribution >= 0.6 is 23.1 Å². The minimum absolute atomic E-state index is 0.435. The molecule has 14 heavy (non-hydrogen) atoms. The summed E-state index contributed by atoms with van der Waals surface area (Å²) in [6.07, 6.45) is 0.726. The predicted molar refractivity (Wildman–Crippen MR) is 55.4 cm³/mol. The first-order chi connectivity index (χ1) is 6.76. The Hall–Kier alpha value is -0.500. The van der Waals surface area contributed by atoms with Gasteiger partial charge in [0.1, 0.15) is 11.3 Å². The number of methoxy groups -OCH3 is 1. The van der Waals surface area contributed by atoms with E-state index in [1.165, 1.54) is 23.1 Å². The van der Waals surface area contributed by atoms with Crippen molar-refractivity contribution in [3.63, 3.8) is 0 Å². The van der Waals surface area contributed by atoms with Gasteiger partial charge < -0.3 is 15.3 Å². The summed E-state index contributed by atoms with van der Waals surface area (Å²) in [6.45, 7) is 0.470. The maximum atomic E-state index is 10.2. The summed E-state index contributed by atoms with van der Waals surface area (Å²) in [4.78, 5) is 10.2. The van der Waals surface area contributed by atoms with Gasteiger partial charge >= 0.3 is 0 Å². The summed E-state index contributed by atoms with van der Waals surface area (Å²) in [6, 6.07) is -0.435. The van der Waals surface area contributed by atoms with Crippen molar-refractivity contribution in [3.05, 3.63) is 5.01 Å². The van der Waals surface area contributed by atoms with Crippen LogP contribution in [-0.4, -0.2) is 35.4 Å². The average Bonchev–Trinajstić information content (AvgIpc) is 2.63. The number of nitrogens with two attached hydrogens (primary N) is 1. The van der Waals surface area contributed by atoms with Gasteiger partial charge in [-0.15, -0.1) is 10.2 Å². The molecule has 0 saturated carbocycles. The van der Waals surface area contributed by atoms with Crippen LogP contribution in [0.2, 0.25) is 0 Å². The molecule has 0 fully saturated rings. The van der Waals surface area contributed by atoms with Crippen molar-refractivity contribution in [2.45, 2.75) is 17.0 Å². The maximum absolute atomic E-state index is 10.2. The van der Waals surface area contributed by atoms with Crippen molar-refractivity contribution in [3.8, 4) is 0 Å². The van der Waals surface area contributed by atoms with Gasteiger partial charge in [0.15, 0.2) is 4.34 Å². The molecule has 1 unspecified atom stereocenters. The fourth-order valence-electron chi connectivity index (χ4n) is 0.685. The van der Waals surface area contributed by atoms with Gasteiger partial charge in [0.25, 0.3) is 0 Å². The van der Waals surface area contributed by atoms with Crippen molar-refractivity contribution >= 4 is 29.4 Å². The van der Waals surface area contributed by atoms with E-state index in [9.17, 15) is 4.79 Å². The Morgan fingerprint density at radius 3 is 3.14 bits per heavy atom. The number of hydrogen-bond acceptors (Lipinski definition) is 7. The van der Waals surface area contributed by atoms with E-state index in [0.29, 0.717) is 12.4 Å². The minimum atomic E-state index is -0.435. The van der Waals surface area contributed by atoms with E-state index in [4.69, 9.17) is 10.5 Å². The second kappa shape index (κ2) is 6.07. The number of carbonyl (C=O) groups excluding carboxylic acids is 1. The summed E-state index contributed by atoms with van der Waals surface area (Å²) < 4.78 is 5.72. The summed E-state index contributed by atoms with van der Waals surface area (Å²) >= 11 is 2.89. The van der Waals surface area contributed by atoms with Gasteiger partial charge in [-0.3, -0.25) is 0 Å². The Bertz CT molecular complexity index is 292. The molecule has 1 atom stereocenters. The highest BCUT2D eigenvalue weighted by Crippen LogP contribution is 2.22. The number of aromatic nitrogens is 2. The quantitative estimate of drug-likeness (QED) is 0.562. The van der Waals surface area contributed by atoms with Crippen LogP contribution in [-0.2, 0) is 16.1 Å². The molecule has 5 nitrogen and oxygen atoms in total. The first kappa shape index (κ1) is 11.6. The second-order valence-electron chi connectivity index (χ2n) is 2.51. The molecular formula is C7H11N3O2S2. The molecule has 0 radical (unpaired) electrons. The molecule has 0 aliphatic rings. The largest absolute Gasteiger partial charge is 0.377 e. The van der Waals surface area contributed by atoms with Crippen molar-refractivity contribution in [1.82, 2.24) is 10.2 Å². The van der Waals surface area contributed by atoms with Crippen LogP contribution < -0.4 is 5.73 Å². The third-order valence-corrected chi connectivity index (χ3v) is 3.47. The number of thioether (sulfide) groups is 1. The SMILES string of the molecule is COCc1nnc(SCC(N)C=O)s1. The molecule has 0 aliphatic carbocycles. The first-order valence-electron chi connectivity index (χ1n) is 3.91. The Balaban J connectivity index is 2.39. The zero-order chi connectivity index (χ0) is 10.4. The maximum Gasteiger partial charge on any atom is 0.174 e. The lowest BCUT2D eigenvalue weighted by atomic mass is 10.4. The van der Waals surface area contributed by atoms with Gasteiger partial charge in [-0.05, 0) is 0 Å². The average molecular weight is 233 g/mol. The molecule has 7 heteroatoms. The van der Waals surface area contributed by atoms with E-state index >= 15 is 0 Å². The molecule has 0 saturated heterocycles. The topological polar surface area (TPSA) is 78.1 Å². The Morgan fingerprint density at radius 1 is 1.71 bits per heavy atom. The van der Waals surface area contributed by atoms with Gasteiger partial charge in [0.2, 0.25) is 0 Å². The van der Waals surface area contributed by atoms with Crippen molar-refractivity contribution in [1.29, 1.82) is 0 Å². The van der Waals surface area contributed by atoms with E-state index in [1.807, 2.05) is 0 Å². The normalized spacial score (nSPS) is 12.7. The molecular weight excluding hydrogens is 222 g/mol. The number of carbonyl (C=O) groups is 1. The van der Waals surface area contributed by atoms with Gasteiger partial charge in [-0.2, -0.15) is 0 Å². The lowest BCUT2D eigenvalue weighted by molar-refractivity contribution is -0.108. The lowest BCUT2D eigenvalue weighted by Crippen LogP contribution is -2.23. The third-order valence-electron chi connectivity index (χ3n) is 1.29. The van der Waals surface area contributed by atoms with Gasteiger partial charge in [-0.1, -0.05) is 23.1 Å². The van der Waals surface area contributed by atoms with Crippen LogP contribution in [0.25, 0.3) is 0 Å². The van der Waals surface area contributed by atoms with Gasteiger partial charge in [0, 0.05) is 12.9 Å². The minimum Gasteiger partial charge on any atom is -0.377 e. The summed E-state index contributed by atoms with van der Waals surface area (Å²) in [5, 5.41) is 8.65. The summed E-state index contributed by atoms with van der Waals surface area (Å²) in [5.74, 6) is 0.533. The number of nitrogens with zero attached hydrogens (tertiary/aromatic N) is 2. The summed E-state index contributed by atoms with van der Waals surface area (Å²) in [5.41, 5.74) is 5.43. The smallest absolute Gasteiger partial charge is 0.174 e. The van der Waals surface area contributed by atoms with Crippen LogP contribution in [0.1, 0.15) is 5.01 Å². The van der Waals surface area contributed by atoms with E-state index in [2.05, 4.69) is 10.2 Å². The van der Waals surface area contributed by atoms with Gasteiger partial charge in [0.05, 0.1) is 12.6 Å². The molecule has 1 rings (SSSR count). The highest BCUT2D eigenvalue weighted by Gasteiger charge is 2.06. The van der Waals surface area contributed by atoms with Crippen molar-refractivity contribution < 1.29 is 9.53 Å². The fourth-order valence-corrected chi connectivity index (χ4v) is 2.47. The molecule has 0 aliphatic heterocycles. The molecule has 0 amide bonds. The van der Waals surface area contributed by atoms with E-state index in [-0.39, 0.29) is 0 Å². The zero-order valence-electron chi connectivity index (χ0n) is 7.67. The highest BCUT2D eigenvalue weighted by atomic mass is 32.2. The van der Waals surface area contributed by atoms with Crippen LogP contribution in [0, 0.1) is 0 Å². The predicted octanol–water partition coefficient (Wildman–Crippen LogP) is 0.303. The molecule has 1 aromatic rings. The van der Waals surface area contributed by atoms with Crippen molar-refractivity contribution in [2.24, 2.45) is 5.73 Å². The standard InChI is InChI=1S/C7H11N3O2S2/c1-12-3-6-9-10-7(14-6)13-4-5(8)2-11/h2,5H,3-4,8H2,1H3.